The standard InChI is InChI=1S/C20H26N4O3S/c1-21-14-23-20-13-17(9-12-19(20)22-2)27-28(25,26)18-10-7-16(8-11-18)24-15-5-3-4-6-15/h7-15,22,24H,3-6H2,1-2H3,(H,21,23). The molecule has 0 atom stereocenters. The molecule has 3 N–H and O–H groups in total. The van der Waals surface area contributed by atoms with E-state index in [9.17, 15) is 8.42 Å². The summed E-state index contributed by atoms with van der Waals surface area (Å²) in [6.45, 7) is 0. The number of hydrogen-bond donors (Lipinski definition) is 3. The Balaban J connectivity index is 1.73. The maximum absolute atomic E-state index is 12.6. The lowest BCUT2D eigenvalue weighted by Gasteiger charge is -2.14. The van der Waals surface area contributed by atoms with Gasteiger partial charge >= 0.3 is 10.1 Å². The fraction of sp³-hybridized carbons (Fsp3) is 0.350. The fourth-order valence-electron chi connectivity index (χ4n) is 3.25. The normalized spacial score (nSPS) is 14.9. The van der Waals surface area contributed by atoms with Gasteiger partial charge in [0.25, 0.3) is 0 Å². The zero-order valence-corrected chi connectivity index (χ0v) is 16.9. The summed E-state index contributed by atoms with van der Waals surface area (Å²) < 4.78 is 30.6. The third-order valence-electron chi connectivity index (χ3n) is 4.68. The number of rotatable bonds is 8. The SMILES string of the molecule is CN=CNc1cc(OS(=O)(=O)c2ccc(NC3CCCC3)cc2)ccc1NC. The van der Waals surface area contributed by atoms with Crippen molar-refractivity contribution in [1.82, 2.24) is 0 Å². The highest BCUT2D eigenvalue weighted by atomic mass is 32.2. The number of nitrogens with zero attached hydrogens (tertiary/aromatic N) is 1. The van der Waals surface area contributed by atoms with Crippen LogP contribution in [0.3, 0.4) is 0 Å². The molecule has 150 valence electrons. The van der Waals surface area contributed by atoms with Crippen LogP contribution in [0.1, 0.15) is 25.7 Å². The summed E-state index contributed by atoms with van der Waals surface area (Å²) >= 11 is 0. The van der Waals surface area contributed by atoms with Gasteiger partial charge in [0.05, 0.1) is 17.7 Å². The predicted molar refractivity (Wildman–Crippen MR) is 114 cm³/mol. The third-order valence-corrected chi connectivity index (χ3v) is 5.95. The molecule has 0 aromatic heterocycles. The first-order chi connectivity index (χ1) is 13.5. The molecule has 0 heterocycles. The molecule has 0 bridgehead atoms. The molecule has 1 aliphatic rings. The van der Waals surface area contributed by atoms with Crippen LogP contribution in [0, 0.1) is 0 Å². The van der Waals surface area contributed by atoms with Gasteiger partial charge in [0.2, 0.25) is 0 Å². The van der Waals surface area contributed by atoms with Gasteiger partial charge in [-0.2, -0.15) is 8.42 Å². The summed E-state index contributed by atoms with van der Waals surface area (Å²) in [7, 11) is -0.503. The monoisotopic (exact) mass is 402 g/mol. The van der Waals surface area contributed by atoms with Crippen molar-refractivity contribution in [3.8, 4) is 5.75 Å². The second-order valence-corrected chi connectivity index (χ2v) is 8.22. The first-order valence-corrected chi connectivity index (χ1v) is 10.7. The Hall–Kier alpha value is -2.74. The highest BCUT2D eigenvalue weighted by Gasteiger charge is 2.19. The smallest absolute Gasteiger partial charge is 0.339 e. The van der Waals surface area contributed by atoms with Crippen LogP contribution in [0.4, 0.5) is 17.1 Å². The molecule has 2 aromatic carbocycles. The van der Waals surface area contributed by atoms with Crippen molar-refractivity contribution >= 4 is 33.5 Å². The molecule has 2 aromatic rings. The van der Waals surface area contributed by atoms with Gasteiger partial charge in [-0.1, -0.05) is 12.8 Å². The number of hydrogen-bond acceptors (Lipinski definition) is 6. The van der Waals surface area contributed by atoms with Crippen molar-refractivity contribution in [2.45, 2.75) is 36.6 Å². The molecule has 1 fully saturated rings. The van der Waals surface area contributed by atoms with E-state index in [-0.39, 0.29) is 10.6 Å². The molecule has 3 rings (SSSR count). The lowest BCUT2D eigenvalue weighted by atomic mass is 10.2. The van der Waals surface area contributed by atoms with E-state index in [0.717, 1.165) is 24.2 Å². The van der Waals surface area contributed by atoms with Crippen LogP contribution in [-0.2, 0) is 10.1 Å². The maximum atomic E-state index is 12.6. The van der Waals surface area contributed by atoms with Gasteiger partial charge < -0.3 is 20.1 Å². The molecule has 7 nitrogen and oxygen atoms in total. The third kappa shape index (κ3) is 4.95. The minimum absolute atomic E-state index is 0.117. The molecule has 0 unspecified atom stereocenters. The van der Waals surface area contributed by atoms with E-state index in [1.54, 1.807) is 56.6 Å². The van der Waals surface area contributed by atoms with E-state index in [2.05, 4.69) is 20.9 Å². The van der Waals surface area contributed by atoms with E-state index in [0.29, 0.717) is 11.7 Å². The van der Waals surface area contributed by atoms with E-state index in [4.69, 9.17) is 4.18 Å². The molecule has 0 saturated heterocycles. The van der Waals surface area contributed by atoms with Crippen LogP contribution in [0.15, 0.2) is 52.4 Å². The summed E-state index contributed by atoms with van der Waals surface area (Å²) in [4.78, 5) is 3.99. The average Bonchev–Trinajstić information content (AvgIpc) is 3.19. The van der Waals surface area contributed by atoms with Crippen LogP contribution >= 0.6 is 0 Å². The minimum Gasteiger partial charge on any atom is -0.386 e. The second-order valence-electron chi connectivity index (χ2n) is 6.68. The molecule has 0 spiro atoms. The molecular formula is C20H26N4O3S. The number of anilines is 3. The van der Waals surface area contributed by atoms with Crippen LogP contribution in [-0.4, -0.2) is 34.9 Å². The zero-order valence-electron chi connectivity index (χ0n) is 16.1. The molecule has 8 heteroatoms. The number of nitrogens with one attached hydrogen (secondary N) is 3. The van der Waals surface area contributed by atoms with Crippen LogP contribution in [0.5, 0.6) is 5.75 Å². The Kier molecular flexibility index (Phi) is 6.41. The Bertz CT molecular complexity index is 921. The van der Waals surface area contributed by atoms with Crippen molar-refractivity contribution in [1.29, 1.82) is 0 Å². The fourth-order valence-corrected chi connectivity index (χ4v) is 4.17. The number of aliphatic imine (C=N–C) groups is 1. The Morgan fingerprint density at radius 3 is 2.43 bits per heavy atom. The van der Waals surface area contributed by atoms with Crippen LogP contribution in [0.25, 0.3) is 0 Å². The van der Waals surface area contributed by atoms with Gasteiger partial charge in [0, 0.05) is 31.9 Å². The molecule has 0 amide bonds. The second kappa shape index (κ2) is 8.97. The first kappa shape index (κ1) is 20.0. The summed E-state index contributed by atoms with van der Waals surface area (Å²) in [5, 5.41) is 9.46. The summed E-state index contributed by atoms with van der Waals surface area (Å²) in [5.41, 5.74) is 2.39. The van der Waals surface area contributed by atoms with Crippen molar-refractivity contribution in [2.24, 2.45) is 4.99 Å². The van der Waals surface area contributed by atoms with Gasteiger partial charge in [-0.05, 0) is 49.2 Å². The minimum atomic E-state index is -3.92. The van der Waals surface area contributed by atoms with E-state index < -0.39 is 10.1 Å². The Morgan fingerprint density at radius 1 is 1.07 bits per heavy atom. The average molecular weight is 403 g/mol. The lowest BCUT2D eigenvalue weighted by Crippen LogP contribution is -2.15. The van der Waals surface area contributed by atoms with Gasteiger partial charge in [-0.25, -0.2) is 0 Å². The highest BCUT2D eigenvalue weighted by Crippen LogP contribution is 2.29. The molecule has 28 heavy (non-hydrogen) atoms. The molecule has 1 saturated carbocycles. The zero-order chi connectivity index (χ0) is 20.0. The van der Waals surface area contributed by atoms with E-state index in [1.807, 2.05) is 0 Å². The van der Waals surface area contributed by atoms with Crippen LogP contribution in [0.2, 0.25) is 0 Å². The number of benzene rings is 2. The van der Waals surface area contributed by atoms with Crippen LogP contribution < -0.4 is 20.1 Å². The van der Waals surface area contributed by atoms with Gasteiger partial charge in [-0.15, -0.1) is 0 Å². The summed E-state index contributed by atoms with van der Waals surface area (Å²) in [6, 6.07) is 12.1. The lowest BCUT2D eigenvalue weighted by molar-refractivity contribution is 0.486. The first-order valence-electron chi connectivity index (χ1n) is 9.32. The van der Waals surface area contributed by atoms with Crippen molar-refractivity contribution < 1.29 is 12.6 Å². The molecule has 0 aliphatic heterocycles. The van der Waals surface area contributed by atoms with Gasteiger partial charge in [-0.3, -0.25) is 4.99 Å². The highest BCUT2D eigenvalue weighted by molar-refractivity contribution is 7.87. The van der Waals surface area contributed by atoms with E-state index in [1.165, 1.54) is 19.2 Å². The van der Waals surface area contributed by atoms with Crippen molar-refractivity contribution in [2.75, 3.05) is 30.0 Å². The van der Waals surface area contributed by atoms with Gasteiger partial charge in [0.15, 0.2) is 0 Å². The topological polar surface area (TPSA) is 91.8 Å². The molecular weight excluding hydrogens is 376 g/mol. The predicted octanol–water partition coefficient (Wildman–Crippen LogP) is 3.92. The van der Waals surface area contributed by atoms with Gasteiger partial charge in [0.1, 0.15) is 10.6 Å². The molecule has 0 radical (unpaired) electrons. The quantitative estimate of drug-likeness (QED) is 0.352. The Labute approximate surface area is 166 Å². The Morgan fingerprint density at radius 2 is 1.79 bits per heavy atom. The summed E-state index contributed by atoms with van der Waals surface area (Å²) in [5.74, 6) is 0.221. The summed E-state index contributed by atoms with van der Waals surface area (Å²) in [6.07, 6.45) is 6.32. The van der Waals surface area contributed by atoms with Crippen molar-refractivity contribution in [3.63, 3.8) is 0 Å². The maximum Gasteiger partial charge on any atom is 0.339 e. The van der Waals surface area contributed by atoms with Crippen molar-refractivity contribution in [3.05, 3.63) is 42.5 Å². The molecule has 1 aliphatic carbocycles. The largest absolute Gasteiger partial charge is 0.386 e. The van der Waals surface area contributed by atoms with E-state index >= 15 is 0 Å².